The summed E-state index contributed by atoms with van der Waals surface area (Å²) in [5.41, 5.74) is 2.91. The molecule has 0 spiro atoms. The van der Waals surface area contributed by atoms with Crippen LogP contribution in [0, 0.1) is 0 Å². The maximum atomic E-state index is 12.4. The quantitative estimate of drug-likeness (QED) is 0.632. The fourth-order valence-corrected chi connectivity index (χ4v) is 2.61. The van der Waals surface area contributed by atoms with Gasteiger partial charge in [0.15, 0.2) is 5.71 Å². The molecule has 4 nitrogen and oxygen atoms in total. The fourth-order valence-electron chi connectivity index (χ4n) is 2.41. The summed E-state index contributed by atoms with van der Waals surface area (Å²) in [6, 6.07) is 14.9. The van der Waals surface area contributed by atoms with Crippen LogP contribution in [0.3, 0.4) is 0 Å². The summed E-state index contributed by atoms with van der Waals surface area (Å²) in [4.78, 5) is 14.1. The monoisotopic (exact) mass is 311 g/mol. The second-order valence-corrected chi connectivity index (χ2v) is 5.25. The summed E-state index contributed by atoms with van der Waals surface area (Å²) in [6.07, 6.45) is 1.59. The molecule has 3 rings (SSSR count). The molecule has 0 saturated carbocycles. The van der Waals surface area contributed by atoms with E-state index in [9.17, 15) is 4.79 Å². The molecule has 0 aromatic heterocycles. The Morgan fingerprint density at radius 1 is 1.18 bits per heavy atom. The van der Waals surface area contributed by atoms with Gasteiger partial charge in [-0.1, -0.05) is 41.9 Å². The standard InChI is InChI=1S/C17H14ClN3O/c1-2-21-15-9-4-3-8-14(15)16(17(21)22)20-19-11-12-6-5-7-13(18)10-12/h3-11H,2H2,1H3/b19-11-,20-16+. The molecule has 0 bridgehead atoms. The van der Waals surface area contributed by atoms with Gasteiger partial charge in [-0.3, -0.25) is 4.79 Å². The Kier molecular flexibility index (Phi) is 4.02. The van der Waals surface area contributed by atoms with E-state index in [1.807, 2.05) is 43.3 Å². The van der Waals surface area contributed by atoms with Crippen LogP contribution in [-0.2, 0) is 4.79 Å². The third kappa shape index (κ3) is 2.65. The van der Waals surface area contributed by atoms with Crippen molar-refractivity contribution in [3.8, 4) is 0 Å². The molecular formula is C17H14ClN3O. The zero-order chi connectivity index (χ0) is 15.5. The number of fused-ring (bicyclic) bond motifs is 1. The molecule has 1 amide bonds. The van der Waals surface area contributed by atoms with Gasteiger partial charge in [0.2, 0.25) is 0 Å². The first-order valence-corrected chi connectivity index (χ1v) is 7.36. The molecule has 0 atom stereocenters. The van der Waals surface area contributed by atoms with Gasteiger partial charge in [0.25, 0.3) is 5.91 Å². The van der Waals surface area contributed by atoms with Gasteiger partial charge >= 0.3 is 0 Å². The molecular weight excluding hydrogens is 298 g/mol. The van der Waals surface area contributed by atoms with Gasteiger partial charge in [0.1, 0.15) is 0 Å². The first-order chi connectivity index (χ1) is 10.7. The summed E-state index contributed by atoms with van der Waals surface area (Å²) in [6.45, 7) is 2.54. The van der Waals surface area contributed by atoms with Crippen LogP contribution in [0.4, 0.5) is 5.69 Å². The smallest absolute Gasteiger partial charge is 0.279 e. The van der Waals surface area contributed by atoms with E-state index in [0.717, 1.165) is 16.8 Å². The minimum atomic E-state index is -0.119. The molecule has 1 aliphatic heterocycles. The molecule has 1 heterocycles. The van der Waals surface area contributed by atoms with Gasteiger partial charge in [-0.15, -0.1) is 5.10 Å². The average Bonchev–Trinajstić information content (AvgIpc) is 2.79. The summed E-state index contributed by atoms with van der Waals surface area (Å²) < 4.78 is 0. The highest BCUT2D eigenvalue weighted by molar-refractivity contribution is 6.54. The number of amides is 1. The van der Waals surface area contributed by atoms with Crippen molar-refractivity contribution in [2.45, 2.75) is 6.92 Å². The van der Waals surface area contributed by atoms with E-state index < -0.39 is 0 Å². The highest BCUT2D eigenvalue weighted by Crippen LogP contribution is 2.28. The number of halogens is 1. The normalized spacial score (nSPS) is 15.8. The van der Waals surface area contributed by atoms with Gasteiger partial charge in [-0.25, -0.2) is 0 Å². The molecule has 2 aromatic rings. The molecule has 0 radical (unpaired) electrons. The number of nitrogens with zero attached hydrogens (tertiary/aromatic N) is 3. The number of carbonyl (C=O) groups excluding carboxylic acids is 1. The summed E-state index contributed by atoms with van der Waals surface area (Å²) in [7, 11) is 0. The fraction of sp³-hybridized carbons (Fsp3) is 0.118. The highest BCUT2D eigenvalue weighted by Gasteiger charge is 2.32. The number of benzene rings is 2. The van der Waals surface area contributed by atoms with Crippen molar-refractivity contribution >= 4 is 35.1 Å². The number of anilines is 1. The Bertz CT molecular complexity index is 783. The maximum Gasteiger partial charge on any atom is 0.279 e. The highest BCUT2D eigenvalue weighted by atomic mass is 35.5. The number of rotatable bonds is 3. The minimum Gasteiger partial charge on any atom is -0.307 e. The Labute approximate surface area is 133 Å². The lowest BCUT2D eigenvalue weighted by Gasteiger charge is -2.12. The summed E-state index contributed by atoms with van der Waals surface area (Å²) >= 11 is 5.92. The molecule has 5 heteroatoms. The molecule has 0 unspecified atom stereocenters. The number of carbonyl (C=O) groups is 1. The van der Waals surface area contributed by atoms with Crippen molar-refractivity contribution in [2.24, 2.45) is 10.2 Å². The molecule has 110 valence electrons. The first kappa shape index (κ1) is 14.5. The Hall–Kier alpha value is -2.46. The summed E-state index contributed by atoms with van der Waals surface area (Å²) in [5, 5.41) is 8.80. The van der Waals surface area contributed by atoms with Crippen LogP contribution in [0.5, 0.6) is 0 Å². The zero-order valence-corrected chi connectivity index (χ0v) is 12.8. The van der Waals surface area contributed by atoms with Crippen molar-refractivity contribution in [1.82, 2.24) is 0 Å². The number of hydrogen-bond acceptors (Lipinski definition) is 3. The third-order valence-corrected chi connectivity index (χ3v) is 3.66. The van der Waals surface area contributed by atoms with Gasteiger partial charge in [0.05, 0.1) is 11.9 Å². The molecule has 22 heavy (non-hydrogen) atoms. The van der Waals surface area contributed by atoms with Crippen LogP contribution >= 0.6 is 11.6 Å². The molecule has 0 aliphatic carbocycles. The van der Waals surface area contributed by atoms with Crippen LogP contribution < -0.4 is 4.90 Å². The Balaban J connectivity index is 1.93. The third-order valence-electron chi connectivity index (χ3n) is 3.43. The Morgan fingerprint density at radius 2 is 2.00 bits per heavy atom. The van der Waals surface area contributed by atoms with Crippen molar-refractivity contribution < 1.29 is 4.79 Å². The van der Waals surface area contributed by atoms with E-state index >= 15 is 0 Å². The van der Waals surface area contributed by atoms with E-state index in [1.54, 1.807) is 23.2 Å². The lowest BCUT2D eigenvalue weighted by Crippen LogP contribution is -2.29. The van der Waals surface area contributed by atoms with E-state index in [0.29, 0.717) is 17.3 Å². The first-order valence-electron chi connectivity index (χ1n) is 6.98. The summed E-state index contributed by atoms with van der Waals surface area (Å²) in [5.74, 6) is -0.119. The van der Waals surface area contributed by atoms with Crippen LogP contribution in [0.25, 0.3) is 0 Å². The topological polar surface area (TPSA) is 45.0 Å². The molecule has 2 aromatic carbocycles. The molecule has 0 fully saturated rings. The molecule has 0 saturated heterocycles. The van der Waals surface area contributed by atoms with Crippen molar-refractivity contribution in [3.63, 3.8) is 0 Å². The van der Waals surface area contributed by atoms with Crippen LogP contribution in [0.15, 0.2) is 58.7 Å². The zero-order valence-electron chi connectivity index (χ0n) is 12.0. The van der Waals surface area contributed by atoms with Crippen LogP contribution in [0.2, 0.25) is 5.02 Å². The molecule has 0 N–H and O–H groups in total. The van der Waals surface area contributed by atoms with Gasteiger partial charge in [-0.2, -0.15) is 5.10 Å². The number of likely N-dealkylation sites (N-methyl/N-ethyl adjacent to an activating group) is 1. The van der Waals surface area contributed by atoms with Crippen molar-refractivity contribution in [3.05, 3.63) is 64.7 Å². The van der Waals surface area contributed by atoms with Crippen molar-refractivity contribution in [1.29, 1.82) is 0 Å². The van der Waals surface area contributed by atoms with E-state index in [4.69, 9.17) is 11.6 Å². The predicted octanol–water partition coefficient (Wildman–Crippen LogP) is 3.53. The predicted molar refractivity (Wildman–Crippen MR) is 90.1 cm³/mol. The largest absolute Gasteiger partial charge is 0.307 e. The second-order valence-electron chi connectivity index (χ2n) is 4.81. The van der Waals surface area contributed by atoms with Gasteiger partial charge in [-0.05, 0) is 30.7 Å². The molecule has 1 aliphatic rings. The van der Waals surface area contributed by atoms with Gasteiger partial charge < -0.3 is 4.90 Å². The van der Waals surface area contributed by atoms with Crippen LogP contribution in [-0.4, -0.2) is 24.4 Å². The van der Waals surface area contributed by atoms with Gasteiger partial charge in [0, 0.05) is 17.1 Å². The Morgan fingerprint density at radius 3 is 2.77 bits per heavy atom. The number of hydrogen-bond donors (Lipinski definition) is 0. The lowest BCUT2D eigenvalue weighted by molar-refractivity contribution is -0.112. The minimum absolute atomic E-state index is 0.119. The van der Waals surface area contributed by atoms with E-state index in [1.165, 1.54) is 0 Å². The number of para-hydroxylation sites is 1. The lowest BCUT2D eigenvalue weighted by atomic mass is 10.1. The van der Waals surface area contributed by atoms with Crippen LogP contribution in [0.1, 0.15) is 18.1 Å². The average molecular weight is 312 g/mol. The van der Waals surface area contributed by atoms with Crippen molar-refractivity contribution in [2.75, 3.05) is 11.4 Å². The second kappa shape index (κ2) is 6.12. The van der Waals surface area contributed by atoms with E-state index in [-0.39, 0.29) is 5.91 Å². The maximum absolute atomic E-state index is 12.4. The van der Waals surface area contributed by atoms with E-state index in [2.05, 4.69) is 10.2 Å². The SMILES string of the molecule is CCN1C(=O)/C(=N/N=C\c2cccc(Cl)c2)c2ccccc21.